The van der Waals surface area contributed by atoms with Gasteiger partial charge in [-0.25, -0.2) is 0 Å². The van der Waals surface area contributed by atoms with Gasteiger partial charge in [-0.3, -0.25) is 0 Å². The molecule has 1 aromatic carbocycles. The fourth-order valence-electron chi connectivity index (χ4n) is 2.96. The van der Waals surface area contributed by atoms with Gasteiger partial charge in [0.2, 0.25) is 0 Å². The summed E-state index contributed by atoms with van der Waals surface area (Å²) < 4.78 is 11.1. The third kappa shape index (κ3) is 2.57. The molecule has 1 heterocycles. The summed E-state index contributed by atoms with van der Waals surface area (Å²) in [5.74, 6) is 1.74. The number of ether oxygens (including phenoxy) is 2. The van der Waals surface area contributed by atoms with Crippen LogP contribution in [-0.2, 0) is 6.42 Å². The van der Waals surface area contributed by atoms with Crippen LogP contribution in [0.5, 0.6) is 11.5 Å². The van der Waals surface area contributed by atoms with Crippen molar-refractivity contribution < 1.29 is 14.6 Å². The maximum absolute atomic E-state index is 10.1. The van der Waals surface area contributed by atoms with E-state index in [0.29, 0.717) is 6.42 Å². The van der Waals surface area contributed by atoms with Crippen LogP contribution >= 0.6 is 0 Å². The molecule has 2 aliphatic rings. The van der Waals surface area contributed by atoms with Crippen LogP contribution in [0.15, 0.2) is 12.1 Å². The number of nitrogens with zero attached hydrogens (tertiary/aromatic N) is 1. The van der Waals surface area contributed by atoms with Gasteiger partial charge in [0.15, 0.2) is 0 Å². The van der Waals surface area contributed by atoms with Crippen molar-refractivity contribution in [3.63, 3.8) is 0 Å². The molecular formula is C16H23NO3. The zero-order valence-electron chi connectivity index (χ0n) is 12.3. The molecule has 3 rings (SSSR count). The van der Waals surface area contributed by atoms with Gasteiger partial charge in [-0.2, -0.15) is 0 Å². The highest BCUT2D eigenvalue weighted by molar-refractivity contribution is 5.64. The quantitative estimate of drug-likeness (QED) is 0.897. The lowest BCUT2D eigenvalue weighted by atomic mass is 10.0. The van der Waals surface area contributed by atoms with E-state index in [2.05, 4.69) is 11.0 Å². The van der Waals surface area contributed by atoms with Gasteiger partial charge in [0.1, 0.15) is 11.5 Å². The molecule has 1 aliphatic carbocycles. The molecule has 0 bridgehead atoms. The summed E-state index contributed by atoms with van der Waals surface area (Å²) in [6, 6.07) is 4.09. The van der Waals surface area contributed by atoms with Crippen molar-refractivity contribution in [2.75, 3.05) is 32.2 Å². The van der Waals surface area contributed by atoms with E-state index in [1.807, 2.05) is 6.07 Å². The minimum atomic E-state index is -0.520. The second-order valence-corrected chi connectivity index (χ2v) is 5.93. The van der Waals surface area contributed by atoms with E-state index in [4.69, 9.17) is 9.47 Å². The summed E-state index contributed by atoms with van der Waals surface area (Å²) in [4.78, 5) is 2.34. The molecule has 0 unspecified atom stereocenters. The molecule has 0 spiro atoms. The largest absolute Gasteiger partial charge is 0.496 e. The molecule has 4 nitrogen and oxygen atoms in total. The Morgan fingerprint density at radius 2 is 1.75 bits per heavy atom. The van der Waals surface area contributed by atoms with E-state index in [0.717, 1.165) is 48.7 Å². The molecule has 0 radical (unpaired) electrons. The summed E-state index contributed by atoms with van der Waals surface area (Å²) in [6.07, 6.45) is 4.87. The molecule has 1 aromatic rings. The first-order valence-corrected chi connectivity index (χ1v) is 7.37. The molecule has 1 aliphatic heterocycles. The maximum atomic E-state index is 10.1. The fourth-order valence-corrected chi connectivity index (χ4v) is 2.96. The molecule has 0 atom stereocenters. The second kappa shape index (κ2) is 5.17. The highest BCUT2D eigenvalue weighted by Gasteiger charge is 2.41. The number of rotatable bonds is 5. The van der Waals surface area contributed by atoms with Crippen LogP contribution in [-0.4, -0.2) is 38.0 Å². The van der Waals surface area contributed by atoms with Gasteiger partial charge in [-0.15, -0.1) is 0 Å². The minimum Gasteiger partial charge on any atom is -0.496 e. The normalized spacial score (nSPS) is 20.1. The fraction of sp³-hybridized carbons (Fsp3) is 0.625. The minimum absolute atomic E-state index is 0.520. The highest BCUT2D eigenvalue weighted by Crippen LogP contribution is 2.43. The van der Waals surface area contributed by atoms with Crippen LogP contribution in [0.4, 0.5) is 5.69 Å². The predicted molar refractivity (Wildman–Crippen MR) is 78.9 cm³/mol. The molecule has 4 heteroatoms. The first kappa shape index (κ1) is 13.6. The molecule has 20 heavy (non-hydrogen) atoms. The predicted octanol–water partition coefficient (Wildman–Crippen LogP) is 2.37. The maximum Gasteiger partial charge on any atom is 0.142 e. The summed E-state index contributed by atoms with van der Waals surface area (Å²) in [5, 5.41) is 10.1. The summed E-state index contributed by atoms with van der Waals surface area (Å²) in [6.45, 7) is 2.14. The van der Waals surface area contributed by atoms with Gasteiger partial charge in [0, 0.05) is 31.1 Å². The Kier molecular flexibility index (Phi) is 3.50. The lowest BCUT2D eigenvalue weighted by Crippen LogP contribution is -2.19. The molecule has 110 valence electrons. The van der Waals surface area contributed by atoms with E-state index >= 15 is 0 Å². The van der Waals surface area contributed by atoms with Gasteiger partial charge in [0.25, 0.3) is 0 Å². The van der Waals surface area contributed by atoms with Crippen molar-refractivity contribution in [3.8, 4) is 11.5 Å². The van der Waals surface area contributed by atoms with E-state index in [9.17, 15) is 5.11 Å². The Balaban J connectivity index is 1.94. The van der Waals surface area contributed by atoms with E-state index < -0.39 is 5.60 Å². The Morgan fingerprint density at radius 1 is 1.10 bits per heavy atom. The van der Waals surface area contributed by atoms with Gasteiger partial charge < -0.3 is 19.5 Å². The van der Waals surface area contributed by atoms with Crippen LogP contribution in [0.2, 0.25) is 0 Å². The van der Waals surface area contributed by atoms with Gasteiger partial charge in [-0.1, -0.05) is 0 Å². The van der Waals surface area contributed by atoms with Crippen molar-refractivity contribution >= 4 is 5.69 Å². The molecule has 1 saturated heterocycles. The molecule has 1 saturated carbocycles. The Hall–Kier alpha value is -1.42. The second-order valence-electron chi connectivity index (χ2n) is 5.93. The van der Waals surface area contributed by atoms with E-state index in [1.165, 1.54) is 12.8 Å². The number of methoxy groups -OCH3 is 2. The van der Waals surface area contributed by atoms with Crippen molar-refractivity contribution in [3.05, 3.63) is 17.7 Å². The van der Waals surface area contributed by atoms with Crippen molar-refractivity contribution in [1.82, 2.24) is 0 Å². The average Bonchev–Trinajstić information content (AvgIpc) is 2.95. The number of hydrogen-bond acceptors (Lipinski definition) is 4. The standard InChI is InChI=1S/C16H23NO3/c1-19-14-10-13(17-7-3-4-8-17)15(20-2)9-12(14)11-16(18)5-6-16/h9-10,18H,3-8,11H2,1-2H3. The van der Waals surface area contributed by atoms with E-state index in [1.54, 1.807) is 14.2 Å². The summed E-state index contributed by atoms with van der Waals surface area (Å²) >= 11 is 0. The molecular weight excluding hydrogens is 254 g/mol. The van der Waals surface area contributed by atoms with Crippen LogP contribution < -0.4 is 14.4 Å². The van der Waals surface area contributed by atoms with Crippen molar-refractivity contribution in [2.24, 2.45) is 0 Å². The zero-order valence-corrected chi connectivity index (χ0v) is 12.3. The van der Waals surface area contributed by atoms with Crippen molar-refractivity contribution in [2.45, 2.75) is 37.7 Å². The third-order valence-electron chi connectivity index (χ3n) is 4.38. The Morgan fingerprint density at radius 3 is 2.30 bits per heavy atom. The first-order chi connectivity index (χ1) is 9.65. The SMILES string of the molecule is COc1cc(N2CCCC2)c(OC)cc1CC1(O)CC1. The number of aliphatic hydroxyl groups is 1. The highest BCUT2D eigenvalue weighted by atomic mass is 16.5. The van der Waals surface area contributed by atoms with Crippen LogP contribution in [0.1, 0.15) is 31.2 Å². The van der Waals surface area contributed by atoms with Gasteiger partial charge >= 0.3 is 0 Å². The first-order valence-electron chi connectivity index (χ1n) is 7.37. The third-order valence-corrected chi connectivity index (χ3v) is 4.38. The van der Waals surface area contributed by atoms with E-state index in [-0.39, 0.29) is 0 Å². The lowest BCUT2D eigenvalue weighted by molar-refractivity contribution is 0.150. The summed E-state index contributed by atoms with van der Waals surface area (Å²) in [7, 11) is 3.40. The Bertz CT molecular complexity index is 491. The van der Waals surface area contributed by atoms with Crippen LogP contribution in [0.3, 0.4) is 0 Å². The Labute approximate surface area is 120 Å². The average molecular weight is 277 g/mol. The smallest absolute Gasteiger partial charge is 0.142 e. The molecule has 0 aromatic heterocycles. The molecule has 1 N–H and O–H groups in total. The number of anilines is 1. The van der Waals surface area contributed by atoms with Gasteiger partial charge in [-0.05, 0) is 31.7 Å². The van der Waals surface area contributed by atoms with Crippen LogP contribution in [0, 0.1) is 0 Å². The summed E-state index contributed by atoms with van der Waals surface area (Å²) in [5.41, 5.74) is 1.62. The topological polar surface area (TPSA) is 41.9 Å². The monoisotopic (exact) mass is 277 g/mol. The zero-order chi connectivity index (χ0) is 14.2. The molecule has 0 amide bonds. The number of benzene rings is 1. The molecule has 2 fully saturated rings. The number of hydrogen-bond donors (Lipinski definition) is 1. The van der Waals surface area contributed by atoms with Crippen LogP contribution in [0.25, 0.3) is 0 Å². The lowest BCUT2D eigenvalue weighted by Gasteiger charge is -2.23. The van der Waals surface area contributed by atoms with Gasteiger partial charge in [0.05, 0.1) is 25.5 Å². The van der Waals surface area contributed by atoms with Crippen molar-refractivity contribution in [1.29, 1.82) is 0 Å².